The Balaban J connectivity index is 2.27. The highest BCUT2D eigenvalue weighted by Gasteiger charge is 2.29. The summed E-state index contributed by atoms with van der Waals surface area (Å²) in [6, 6.07) is 15.2. The molecule has 1 amide bonds. The molecule has 0 radical (unpaired) electrons. The third-order valence-corrected chi connectivity index (χ3v) is 5.81. The highest BCUT2D eigenvalue weighted by molar-refractivity contribution is 5.79. The fraction of sp³-hybridized carbons (Fsp3) is 0.444. The van der Waals surface area contributed by atoms with Crippen LogP contribution < -0.4 is 5.56 Å². The summed E-state index contributed by atoms with van der Waals surface area (Å²) in [5.74, 6) is 1.06. The van der Waals surface area contributed by atoms with Crippen LogP contribution in [-0.4, -0.2) is 26.9 Å². The SMILES string of the molecule is CCCC(=O)N(CC(C)C)C(CC)c1nc2ccccc2c(=O)n1-c1ccc(CC)cc1. The standard InChI is InChI=1S/C27H35N3O2/c1-6-11-25(31)29(18-19(4)5)24(8-3)26-28-23-13-10-9-12-22(23)27(32)30(26)21-16-14-20(7-2)15-17-21/h9-10,12-17,19,24H,6-8,11,18H2,1-5H3. The number of para-hydroxylation sites is 1. The van der Waals surface area contributed by atoms with E-state index in [0.717, 1.165) is 18.5 Å². The first-order valence-corrected chi connectivity index (χ1v) is 11.8. The van der Waals surface area contributed by atoms with Crippen LogP contribution in [0, 0.1) is 5.92 Å². The van der Waals surface area contributed by atoms with Crippen LogP contribution in [0.25, 0.3) is 16.6 Å². The van der Waals surface area contributed by atoms with E-state index in [1.165, 1.54) is 5.56 Å². The molecule has 0 saturated heterocycles. The Labute approximate surface area is 191 Å². The smallest absolute Gasteiger partial charge is 0.266 e. The van der Waals surface area contributed by atoms with Gasteiger partial charge in [0.15, 0.2) is 0 Å². The van der Waals surface area contributed by atoms with E-state index in [1.54, 1.807) is 4.57 Å². The monoisotopic (exact) mass is 433 g/mol. The zero-order valence-electron chi connectivity index (χ0n) is 20.0. The van der Waals surface area contributed by atoms with Crippen molar-refractivity contribution in [2.75, 3.05) is 6.54 Å². The number of amides is 1. The van der Waals surface area contributed by atoms with Gasteiger partial charge in [-0.2, -0.15) is 0 Å². The van der Waals surface area contributed by atoms with Gasteiger partial charge in [-0.15, -0.1) is 0 Å². The fourth-order valence-electron chi connectivity index (χ4n) is 4.20. The number of aromatic nitrogens is 2. The molecule has 0 aliphatic rings. The van der Waals surface area contributed by atoms with Gasteiger partial charge >= 0.3 is 0 Å². The van der Waals surface area contributed by atoms with Crippen LogP contribution in [-0.2, 0) is 11.2 Å². The van der Waals surface area contributed by atoms with Gasteiger partial charge in [0.25, 0.3) is 5.56 Å². The zero-order chi connectivity index (χ0) is 23.3. The van der Waals surface area contributed by atoms with E-state index in [2.05, 4.69) is 39.8 Å². The molecule has 3 rings (SSSR count). The highest BCUT2D eigenvalue weighted by Crippen LogP contribution is 2.27. The van der Waals surface area contributed by atoms with Gasteiger partial charge in [-0.3, -0.25) is 14.2 Å². The van der Waals surface area contributed by atoms with Crippen molar-refractivity contribution in [2.24, 2.45) is 5.92 Å². The minimum atomic E-state index is -0.278. The Morgan fingerprint density at radius 2 is 1.72 bits per heavy atom. The predicted molar refractivity (Wildman–Crippen MR) is 131 cm³/mol. The molecule has 1 unspecified atom stereocenters. The molecular formula is C27H35N3O2. The summed E-state index contributed by atoms with van der Waals surface area (Å²) < 4.78 is 1.71. The molecule has 0 bridgehead atoms. The van der Waals surface area contributed by atoms with Gasteiger partial charge in [-0.1, -0.05) is 58.9 Å². The van der Waals surface area contributed by atoms with Crippen molar-refractivity contribution in [2.45, 2.75) is 66.3 Å². The van der Waals surface area contributed by atoms with Crippen LogP contribution >= 0.6 is 0 Å². The van der Waals surface area contributed by atoms with Crippen molar-refractivity contribution in [3.8, 4) is 5.69 Å². The van der Waals surface area contributed by atoms with E-state index in [-0.39, 0.29) is 17.5 Å². The number of carbonyl (C=O) groups is 1. The maximum Gasteiger partial charge on any atom is 0.266 e. The number of carbonyl (C=O) groups excluding carboxylic acids is 1. The van der Waals surface area contributed by atoms with Crippen molar-refractivity contribution in [3.05, 3.63) is 70.3 Å². The number of aryl methyl sites for hydroxylation is 1. The summed E-state index contributed by atoms with van der Waals surface area (Å²) in [6.45, 7) is 11.1. The molecule has 32 heavy (non-hydrogen) atoms. The van der Waals surface area contributed by atoms with E-state index in [9.17, 15) is 9.59 Å². The molecule has 0 aliphatic carbocycles. The van der Waals surface area contributed by atoms with E-state index in [4.69, 9.17) is 4.98 Å². The third-order valence-electron chi connectivity index (χ3n) is 5.81. The number of hydrogen-bond acceptors (Lipinski definition) is 3. The minimum absolute atomic E-state index is 0.0965. The number of fused-ring (bicyclic) bond motifs is 1. The molecule has 0 saturated carbocycles. The second kappa shape index (κ2) is 10.6. The van der Waals surface area contributed by atoms with Crippen LogP contribution in [0.4, 0.5) is 0 Å². The van der Waals surface area contributed by atoms with Gasteiger partial charge in [0.2, 0.25) is 5.91 Å². The Hall–Kier alpha value is -2.95. The summed E-state index contributed by atoms with van der Waals surface area (Å²) in [4.78, 5) is 33.7. The van der Waals surface area contributed by atoms with E-state index < -0.39 is 0 Å². The van der Waals surface area contributed by atoms with Gasteiger partial charge in [0.1, 0.15) is 5.82 Å². The van der Waals surface area contributed by atoms with Gasteiger partial charge < -0.3 is 4.90 Å². The number of hydrogen-bond donors (Lipinski definition) is 0. The predicted octanol–water partition coefficient (Wildman–Crippen LogP) is 5.68. The Morgan fingerprint density at radius 3 is 2.31 bits per heavy atom. The first kappa shape index (κ1) is 23.7. The Morgan fingerprint density at radius 1 is 1.03 bits per heavy atom. The van der Waals surface area contributed by atoms with Gasteiger partial charge in [-0.25, -0.2) is 4.98 Å². The number of rotatable bonds is 9. The third kappa shape index (κ3) is 4.93. The van der Waals surface area contributed by atoms with E-state index in [0.29, 0.717) is 42.0 Å². The zero-order valence-corrected chi connectivity index (χ0v) is 20.0. The molecular weight excluding hydrogens is 398 g/mol. The molecule has 5 heteroatoms. The van der Waals surface area contributed by atoms with Crippen molar-refractivity contribution < 1.29 is 4.79 Å². The molecule has 0 fully saturated rings. The first-order chi connectivity index (χ1) is 15.4. The molecule has 170 valence electrons. The lowest BCUT2D eigenvalue weighted by Crippen LogP contribution is -2.40. The number of nitrogens with zero attached hydrogens (tertiary/aromatic N) is 3. The summed E-state index contributed by atoms with van der Waals surface area (Å²) in [7, 11) is 0. The average molecular weight is 434 g/mol. The normalized spacial score (nSPS) is 12.3. The van der Waals surface area contributed by atoms with Crippen LogP contribution in [0.3, 0.4) is 0 Å². The van der Waals surface area contributed by atoms with Crippen LogP contribution in [0.15, 0.2) is 53.3 Å². The van der Waals surface area contributed by atoms with Crippen LogP contribution in [0.1, 0.15) is 71.3 Å². The van der Waals surface area contributed by atoms with Crippen LogP contribution in [0.2, 0.25) is 0 Å². The maximum atomic E-state index is 13.7. The molecule has 0 N–H and O–H groups in total. The summed E-state index contributed by atoms with van der Waals surface area (Å²) in [6.07, 6.45) is 2.90. The average Bonchev–Trinajstić information content (AvgIpc) is 2.79. The molecule has 5 nitrogen and oxygen atoms in total. The molecule has 0 aliphatic heterocycles. The van der Waals surface area contributed by atoms with Crippen molar-refractivity contribution in [3.63, 3.8) is 0 Å². The Kier molecular flexibility index (Phi) is 7.84. The maximum absolute atomic E-state index is 13.7. The fourth-order valence-corrected chi connectivity index (χ4v) is 4.20. The van der Waals surface area contributed by atoms with Crippen molar-refractivity contribution in [1.82, 2.24) is 14.5 Å². The number of benzene rings is 2. The largest absolute Gasteiger partial charge is 0.332 e. The first-order valence-electron chi connectivity index (χ1n) is 11.8. The Bertz CT molecular complexity index is 1120. The second-order valence-corrected chi connectivity index (χ2v) is 8.76. The second-order valence-electron chi connectivity index (χ2n) is 8.76. The van der Waals surface area contributed by atoms with E-state index >= 15 is 0 Å². The molecule has 1 heterocycles. The summed E-state index contributed by atoms with van der Waals surface area (Å²) in [5.41, 5.74) is 2.57. The van der Waals surface area contributed by atoms with E-state index in [1.807, 2.05) is 48.2 Å². The van der Waals surface area contributed by atoms with Gasteiger partial charge in [-0.05, 0) is 55.0 Å². The topological polar surface area (TPSA) is 55.2 Å². The summed E-state index contributed by atoms with van der Waals surface area (Å²) in [5, 5.41) is 0.584. The lowest BCUT2D eigenvalue weighted by molar-refractivity contribution is -0.134. The lowest BCUT2D eigenvalue weighted by Gasteiger charge is -2.33. The molecule has 0 spiro atoms. The van der Waals surface area contributed by atoms with Crippen molar-refractivity contribution in [1.29, 1.82) is 0 Å². The van der Waals surface area contributed by atoms with Crippen molar-refractivity contribution >= 4 is 16.8 Å². The molecule has 1 atom stereocenters. The molecule has 2 aromatic carbocycles. The van der Waals surface area contributed by atoms with Crippen LogP contribution in [0.5, 0.6) is 0 Å². The summed E-state index contributed by atoms with van der Waals surface area (Å²) >= 11 is 0. The quantitative estimate of drug-likeness (QED) is 0.436. The molecule has 1 aromatic heterocycles. The highest BCUT2D eigenvalue weighted by atomic mass is 16.2. The van der Waals surface area contributed by atoms with Gasteiger partial charge in [0, 0.05) is 13.0 Å². The lowest BCUT2D eigenvalue weighted by atomic mass is 10.1. The van der Waals surface area contributed by atoms with Gasteiger partial charge in [0.05, 0.1) is 22.6 Å². The minimum Gasteiger partial charge on any atom is -0.332 e. The molecule has 3 aromatic rings.